The molecule has 3 rings (SSSR count). The number of aromatic nitrogens is 4. The van der Waals surface area contributed by atoms with E-state index in [9.17, 15) is 0 Å². The van der Waals surface area contributed by atoms with Gasteiger partial charge in [0, 0.05) is 42.6 Å². The molecule has 5 heteroatoms. The quantitative estimate of drug-likeness (QED) is 0.691. The second-order valence-electron chi connectivity index (χ2n) is 5.24. The average Bonchev–Trinajstić information content (AvgIpc) is 3.03. The van der Waals surface area contributed by atoms with Crippen LogP contribution in [0, 0.1) is 13.8 Å². The summed E-state index contributed by atoms with van der Waals surface area (Å²) in [7, 11) is 1.94. The molecule has 0 N–H and O–H groups in total. The van der Waals surface area contributed by atoms with Crippen LogP contribution in [0.1, 0.15) is 16.7 Å². The minimum atomic E-state index is 0.871. The molecule has 0 spiro atoms. The van der Waals surface area contributed by atoms with Gasteiger partial charge in [0.15, 0.2) is 5.16 Å². The van der Waals surface area contributed by atoms with Crippen molar-refractivity contribution in [2.75, 3.05) is 0 Å². The molecule has 0 aliphatic heterocycles. The summed E-state index contributed by atoms with van der Waals surface area (Å²) in [5, 5.41) is 5.20. The summed E-state index contributed by atoms with van der Waals surface area (Å²) in [4.78, 5) is 4.47. The largest absolute Gasteiger partial charge is 0.295 e. The molecule has 0 saturated heterocycles. The van der Waals surface area contributed by atoms with Crippen molar-refractivity contribution < 1.29 is 0 Å². The van der Waals surface area contributed by atoms with E-state index in [4.69, 9.17) is 0 Å². The summed E-state index contributed by atoms with van der Waals surface area (Å²) in [6.45, 7) is 4.24. The Morgan fingerprint density at radius 2 is 1.90 bits per heavy atom. The molecule has 0 saturated carbocycles. The molecule has 0 bridgehead atoms. The highest BCUT2D eigenvalue weighted by molar-refractivity contribution is 7.98. The van der Waals surface area contributed by atoms with Gasteiger partial charge in [-0.25, -0.2) is 4.98 Å². The van der Waals surface area contributed by atoms with Crippen LogP contribution in [-0.4, -0.2) is 19.3 Å². The third kappa shape index (κ3) is 3.19. The smallest absolute Gasteiger partial charge is 0.172 e. The number of thioether (sulfide) groups is 1. The highest BCUT2D eigenvalue weighted by Crippen LogP contribution is 2.24. The third-order valence-corrected chi connectivity index (χ3v) is 4.26. The van der Waals surface area contributed by atoms with Gasteiger partial charge in [-0.15, -0.1) is 0 Å². The molecular formula is C16H18N4S. The van der Waals surface area contributed by atoms with E-state index < -0.39 is 0 Å². The Balaban J connectivity index is 1.83. The van der Waals surface area contributed by atoms with Crippen LogP contribution in [0.25, 0.3) is 5.69 Å². The van der Waals surface area contributed by atoms with Gasteiger partial charge in [0.1, 0.15) is 0 Å². The Labute approximate surface area is 128 Å². The van der Waals surface area contributed by atoms with Crippen LogP contribution in [0.3, 0.4) is 0 Å². The van der Waals surface area contributed by atoms with Crippen LogP contribution >= 0.6 is 11.8 Å². The number of nitrogens with zero attached hydrogens (tertiary/aromatic N) is 4. The van der Waals surface area contributed by atoms with Gasteiger partial charge in [-0.05, 0) is 37.1 Å². The van der Waals surface area contributed by atoms with Gasteiger partial charge in [0.25, 0.3) is 0 Å². The lowest BCUT2D eigenvalue weighted by Gasteiger charge is -2.09. The lowest BCUT2D eigenvalue weighted by Crippen LogP contribution is -1.96. The molecular weight excluding hydrogens is 280 g/mol. The van der Waals surface area contributed by atoms with Gasteiger partial charge >= 0.3 is 0 Å². The molecule has 108 valence electrons. The van der Waals surface area contributed by atoms with Crippen molar-refractivity contribution in [1.82, 2.24) is 19.3 Å². The van der Waals surface area contributed by atoms with E-state index in [1.54, 1.807) is 11.8 Å². The zero-order chi connectivity index (χ0) is 14.8. The van der Waals surface area contributed by atoms with Gasteiger partial charge < -0.3 is 0 Å². The molecule has 0 atom stereocenters. The number of benzene rings is 1. The van der Waals surface area contributed by atoms with Gasteiger partial charge in [-0.2, -0.15) is 5.10 Å². The first-order valence-corrected chi connectivity index (χ1v) is 7.83. The van der Waals surface area contributed by atoms with Crippen LogP contribution in [0.2, 0.25) is 0 Å². The van der Waals surface area contributed by atoms with Crippen molar-refractivity contribution in [2.24, 2.45) is 7.05 Å². The Morgan fingerprint density at radius 3 is 2.57 bits per heavy atom. The first-order valence-electron chi connectivity index (χ1n) is 6.84. The third-order valence-electron chi connectivity index (χ3n) is 3.22. The summed E-state index contributed by atoms with van der Waals surface area (Å²) >= 11 is 1.73. The van der Waals surface area contributed by atoms with Crippen molar-refractivity contribution in [2.45, 2.75) is 24.8 Å². The van der Waals surface area contributed by atoms with E-state index >= 15 is 0 Å². The van der Waals surface area contributed by atoms with Crippen molar-refractivity contribution >= 4 is 11.8 Å². The Kier molecular flexibility index (Phi) is 3.84. The van der Waals surface area contributed by atoms with Crippen molar-refractivity contribution in [3.63, 3.8) is 0 Å². The maximum Gasteiger partial charge on any atom is 0.172 e. The molecule has 0 amide bonds. The van der Waals surface area contributed by atoms with Crippen molar-refractivity contribution in [3.8, 4) is 5.69 Å². The zero-order valence-electron chi connectivity index (χ0n) is 12.4. The van der Waals surface area contributed by atoms with Crippen LogP contribution < -0.4 is 0 Å². The van der Waals surface area contributed by atoms with Crippen molar-refractivity contribution in [1.29, 1.82) is 0 Å². The monoisotopic (exact) mass is 298 g/mol. The molecule has 21 heavy (non-hydrogen) atoms. The first kappa shape index (κ1) is 13.9. The average molecular weight is 298 g/mol. The van der Waals surface area contributed by atoms with Gasteiger partial charge in [0.2, 0.25) is 0 Å². The molecule has 0 unspecified atom stereocenters. The lowest BCUT2D eigenvalue weighted by molar-refractivity contribution is 0.767. The first-order chi connectivity index (χ1) is 10.1. The van der Waals surface area contributed by atoms with Crippen LogP contribution in [0.4, 0.5) is 0 Å². The van der Waals surface area contributed by atoms with E-state index in [0.717, 1.165) is 10.9 Å². The highest BCUT2D eigenvalue weighted by atomic mass is 32.2. The molecule has 4 nitrogen and oxygen atoms in total. The number of hydrogen-bond donors (Lipinski definition) is 0. The SMILES string of the molecule is Cc1cc(C)cc(-n2ccnc2SCc2cnn(C)c2)c1. The molecule has 1 aromatic carbocycles. The topological polar surface area (TPSA) is 35.6 Å². The molecule has 0 aliphatic rings. The number of hydrogen-bond acceptors (Lipinski definition) is 3. The number of rotatable bonds is 4. The van der Waals surface area contributed by atoms with E-state index in [0.29, 0.717) is 0 Å². The molecule has 2 aromatic heterocycles. The van der Waals surface area contributed by atoms with Crippen LogP contribution in [0.15, 0.2) is 48.1 Å². The summed E-state index contributed by atoms with van der Waals surface area (Å²) < 4.78 is 3.97. The van der Waals surface area contributed by atoms with Crippen LogP contribution in [-0.2, 0) is 12.8 Å². The molecule has 2 heterocycles. The van der Waals surface area contributed by atoms with Gasteiger partial charge in [0.05, 0.1) is 6.20 Å². The maximum atomic E-state index is 4.47. The van der Waals surface area contributed by atoms with Crippen molar-refractivity contribution in [3.05, 3.63) is 59.7 Å². The van der Waals surface area contributed by atoms with Gasteiger partial charge in [-0.1, -0.05) is 17.8 Å². The Morgan fingerprint density at radius 1 is 1.14 bits per heavy atom. The Bertz CT molecular complexity index is 737. The van der Waals surface area contributed by atoms with E-state index in [1.165, 1.54) is 22.4 Å². The van der Waals surface area contributed by atoms with E-state index in [2.05, 4.69) is 46.7 Å². The minimum Gasteiger partial charge on any atom is -0.295 e. The summed E-state index contributed by atoms with van der Waals surface area (Å²) in [5.41, 5.74) is 4.90. The predicted molar refractivity (Wildman–Crippen MR) is 85.8 cm³/mol. The summed E-state index contributed by atoms with van der Waals surface area (Å²) in [5.74, 6) is 0.871. The zero-order valence-corrected chi connectivity index (χ0v) is 13.3. The van der Waals surface area contributed by atoms with Gasteiger partial charge in [-0.3, -0.25) is 9.25 Å². The minimum absolute atomic E-state index is 0.871. The second kappa shape index (κ2) is 5.77. The highest BCUT2D eigenvalue weighted by Gasteiger charge is 2.07. The standard InChI is InChI=1S/C16H18N4S/c1-12-6-13(2)8-15(7-12)20-5-4-17-16(20)21-11-14-9-18-19(3)10-14/h4-10H,11H2,1-3H3. The van der Waals surface area contributed by atoms with E-state index in [-0.39, 0.29) is 0 Å². The fourth-order valence-electron chi connectivity index (χ4n) is 2.38. The second-order valence-corrected chi connectivity index (χ2v) is 6.18. The summed E-state index contributed by atoms with van der Waals surface area (Å²) in [6.07, 6.45) is 7.80. The summed E-state index contributed by atoms with van der Waals surface area (Å²) in [6, 6.07) is 6.55. The fourth-order valence-corrected chi connectivity index (χ4v) is 3.26. The molecule has 0 fully saturated rings. The fraction of sp³-hybridized carbons (Fsp3) is 0.250. The van der Waals surface area contributed by atoms with Crippen LogP contribution in [0.5, 0.6) is 0 Å². The molecule has 3 aromatic rings. The number of aryl methyl sites for hydroxylation is 3. The Hall–Kier alpha value is -2.01. The molecule has 0 aliphatic carbocycles. The normalized spacial score (nSPS) is 11.0. The number of imidazole rings is 1. The maximum absolute atomic E-state index is 4.47. The predicted octanol–water partition coefficient (Wildman–Crippen LogP) is 3.51. The lowest BCUT2D eigenvalue weighted by atomic mass is 10.1. The van der Waals surface area contributed by atoms with E-state index in [1.807, 2.05) is 36.5 Å². The molecule has 0 radical (unpaired) electrons.